The van der Waals surface area contributed by atoms with Crippen LogP contribution in [0.4, 0.5) is 5.13 Å². The first-order chi connectivity index (χ1) is 7.81. The van der Waals surface area contributed by atoms with Crippen LogP contribution in [0.15, 0.2) is 22.7 Å². The molecule has 86 valence electrons. The molecule has 0 atom stereocenters. The van der Waals surface area contributed by atoms with Gasteiger partial charge in [0.05, 0.1) is 6.54 Å². The standard InChI is InChI=1S/C11H14N2O2S/c1-2-10-6-13-11(16-10)12-5-8-3-4-9(7-14)15-8/h3-4,6,14H,2,5,7H2,1H3,(H,12,13). The van der Waals surface area contributed by atoms with Gasteiger partial charge in [-0.15, -0.1) is 11.3 Å². The Labute approximate surface area is 97.9 Å². The van der Waals surface area contributed by atoms with E-state index in [2.05, 4.69) is 17.2 Å². The number of aliphatic hydroxyl groups excluding tert-OH is 1. The number of aromatic nitrogens is 1. The number of furan rings is 1. The lowest BCUT2D eigenvalue weighted by Gasteiger charge is -1.98. The Bertz CT molecular complexity index is 408. The molecule has 0 saturated heterocycles. The minimum Gasteiger partial charge on any atom is -0.462 e. The number of nitrogens with zero attached hydrogens (tertiary/aromatic N) is 1. The van der Waals surface area contributed by atoms with E-state index in [0.29, 0.717) is 12.3 Å². The zero-order valence-corrected chi connectivity index (χ0v) is 9.88. The van der Waals surface area contributed by atoms with Crippen LogP contribution in [0.1, 0.15) is 23.3 Å². The van der Waals surface area contributed by atoms with Gasteiger partial charge >= 0.3 is 0 Å². The summed E-state index contributed by atoms with van der Waals surface area (Å²) in [5, 5.41) is 12.9. The Balaban J connectivity index is 1.91. The van der Waals surface area contributed by atoms with E-state index in [1.807, 2.05) is 12.3 Å². The van der Waals surface area contributed by atoms with Gasteiger partial charge in [-0.05, 0) is 18.6 Å². The summed E-state index contributed by atoms with van der Waals surface area (Å²) in [5.74, 6) is 1.39. The zero-order valence-electron chi connectivity index (χ0n) is 9.06. The van der Waals surface area contributed by atoms with Gasteiger partial charge in [-0.2, -0.15) is 0 Å². The van der Waals surface area contributed by atoms with E-state index in [0.717, 1.165) is 17.3 Å². The van der Waals surface area contributed by atoms with Crippen LogP contribution >= 0.6 is 11.3 Å². The van der Waals surface area contributed by atoms with Gasteiger partial charge in [-0.1, -0.05) is 6.92 Å². The van der Waals surface area contributed by atoms with Gasteiger partial charge < -0.3 is 14.8 Å². The Morgan fingerprint density at radius 3 is 2.88 bits per heavy atom. The van der Waals surface area contributed by atoms with E-state index < -0.39 is 0 Å². The van der Waals surface area contributed by atoms with Crippen LogP contribution in [0.3, 0.4) is 0 Å². The normalized spacial score (nSPS) is 10.6. The molecule has 2 aromatic rings. The van der Waals surface area contributed by atoms with Gasteiger partial charge in [-0.25, -0.2) is 4.98 Å². The first kappa shape index (κ1) is 11.2. The summed E-state index contributed by atoms with van der Waals surface area (Å²) in [4.78, 5) is 5.51. The van der Waals surface area contributed by atoms with E-state index in [1.165, 1.54) is 4.88 Å². The molecule has 0 aliphatic heterocycles. The SMILES string of the molecule is CCc1cnc(NCc2ccc(CO)o2)s1. The lowest BCUT2D eigenvalue weighted by atomic mass is 10.4. The maximum atomic E-state index is 8.85. The van der Waals surface area contributed by atoms with Crippen molar-refractivity contribution in [2.45, 2.75) is 26.5 Å². The van der Waals surface area contributed by atoms with Crippen molar-refractivity contribution in [3.63, 3.8) is 0 Å². The van der Waals surface area contributed by atoms with E-state index in [9.17, 15) is 0 Å². The van der Waals surface area contributed by atoms with E-state index in [1.54, 1.807) is 17.4 Å². The molecule has 2 N–H and O–H groups in total. The van der Waals surface area contributed by atoms with Gasteiger partial charge in [-0.3, -0.25) is 0 Å². The lowest BCUT2D eigenvalue weighted by molar-refractivity contribution is 0.244. The minimum atomic E-state index is -0.0583. The third kappa shape index (κ3) is 2.62. The van der Waals surface area contributed by atoms with Crippen LogP contribution in [0.2, 0.25) is 0 Å². The molecule has 0 fully saturated rings. The van der Waals surface area contributed by atoms with Crippen LogP contribution in [0, 0.1) is 0 Å². The molecule has 4 nitrogen and oxygen atoms in total. The molecule has 0 unspecified atom stereocenters. The predicted molar refractivity (Wildman–Crippen MR) is 63.4 cm³/mol. The van der Waals surface area contributed by atoms with Crippen LogP contribution in [-0.2, 0) is 19.6 Å². The summed E-state index contributed by atoms with van der Waals surface area (Å²) in [6.45, 7) is 2.64. The molecule has 2 rings (SSSR count). The smallest absolute Gasteiger partial charge is 0.183 e. The minimum absolute atomic E-state index is 0.0583. The van der Waals surface area contributed by atoms with Crippen molar-refractivity contribution in [3.8, 4) is 0 Å². The van der Waals surface area contributed by atoms with Crippen LogP contribution in [-0.4, -0.2) is 10.1 Å². The number of anilines is 1. The van der Waals surface area contributed by atoms with E-state index in [-0.39, 0.29) is 6.61 Å². The van der Waals surface area contributed by atoms with E-state index >= 15 is 0 Å². The number of hydrogen-bond acceptors (Lipinski definition) is 5. The predicted octanol–water partition coefficient (Wildman–Crippen LogP) is 2.40. The number of aryl methyl sites for hydroxylation is 1. The van der Waals surface area contributed by atoms with Gasteiger partial charge in [0.25, 0.3) is 0 Å². The Morgan fingerprint density at radius 2 is 2.25 bits per heavy atom. The van der Waals surface area contributed by atoms with Crippen molar-refractivity contribution >= 4 is 16.5 Å². The molecule has 0 aromatic carbocycles. The first-order valence-electron chi connectivity index (χ1n) is 5.19. The zero-order chi connectivity index (χ0) is 11.4. The molecule has 0 radical (unpaired) electrons. The van der Waals surface area contributed by atoms with Crippen molar-refractivity contribution in [1.29, 1.82) is 0 Å². The third-order valence-corrected chi connectivity index (χ3v) is 3.29. The average molecular weight is 238 g/mol. The molecule has 2 heterocycles. The number of hydrogen-bond donors (Lipinski definition) is 2. The number of rotatable bonds is 5. The summed E-state index contributed by atoms with van der Waals surface area (Å²) < 4.78 is 5.35. The summed E-state index contributed by atoms with van der Waals surface area (Å²) in [5.41, 5.74) is 0. The Kier molecular flexibility index (Phi) is 3.58. The average Bonchev–Trinajstić information content (AvgIpc) is 2.95. The Hall–Kier alpha value is -1.33. The molecule has 0 bridgehead atoms. The summed E-state index contributed by atoms with van der Waals surface area (Å²) in [6.07, 6.45) is 2.89. The van der Waals surface area contributed by atoms with Crippen LogP contribution in [0.5, 0.6) is 0 Å². The third-order valence-electron chi connectivity index (χ3n) is 2.19. The number of nitrogens with one attached hydrogen (secondary N) is 1. The molecule has 0 saturated carbocycles. The fraction of sp³-hybridized carbons (Fsp3) is 0.364. The van der Waals surface area contributed by atoms with Crippen molar-refractivity contribution in [3.05, 3.63) is 34.7 Å². The van der Waals surface area contributed by atoms with Crippen LogP contribution in [0.25, 0.3) is 0 Å². The molecule has 5 heteroatoms. The number of aliphatic hydroxyl groups is 1. The maximum Gasteiger partial charge on any atom is 0.183 e. The van der Waals surface area contributed by atoms with Crippen molar-refractivity contribution in [2.24, 2.45) is 0 Å². The van der Waals surface area contributed by atoms with Gasteiger partial charge in [0.1, 0.15) is 18.1 Å². The van der Waals surface area contributed by atoms with E-state index in [4.69, 9.17) is 9.52 Å². The number of thiazole rings is 1. The fourth-order valence-corrected chi connectivity index (χ4v) is 2.07. The fourth-order valence-electron chi connectivity index (χ4n) is 1.32. The highest BCUT2D eigenvalue weighted by atomic mass is 32.1. The summed E-state index contributed by atoms with van der Waals surface area (Å²) >= 11 is 1.65. The molecular weight excluding hydrogens is 224 g/mol. The molecule has 16 heavy (non-hydrogen) atoms. The van der Waals surface area contributed by atoms with Crippen LogP contribution < -0.4 is 5.32 Å². The molecule has 0 amide bonds. The van der Waals surface area contributed by atoms with Crippen molar-refractivity contribution in [1.82, 2.24) is 4.98 Å². The quantitative estimate of drug-likeness (QED) is 0.839. The van der Waals surface area contributed by atoms with Crippen molar-refractivity contribution < 1.29 is 9.52 Å². The highest BCUT2D eigenvalue weighted by Gasteiger charge is 2.03. The summed E-state index contributed by atoms with van der Waals surface area (Å²) in [7, 11) is 0. The monoisotopic (exact) mass is 238 g/mol. The second-order valence-corrected chi connectivity index (χ2v) is 4.48. The molecule has 2 aromatic heterocycles. The molecular formula is C11H14N2O2S. The Morgan fingerprint density at radius 1 is 1.44 bits per heavy atom. The van der Waals surface area contributed by atoms with Gasteiger partial charge in [0.2, 0.25) is 0 Å². The van der Waals surface area contributed by atoms with Gasteiger partial charge in [0.15, 0.2) is 5.13 Å². The highest BCUT2D eigenvalue weighted by Crippen LogP contribution is 2.19. The topological polar surface area (TPSA) is 58.3 Å². The van der Waals surface area contributed by atoms with Gasteiger partial charge in [0, 0.05) is 11.1 Å². The second kappa shape index (κ2) is 5.14. The van der Waals surface area contributed by atoms with Crippen molar-refractivity contribution in [2.75, 3.05) is 5.32 Å². The first-order valence-corrected chi connectivity index (χ1v) is 6.00. The maximum absolute atomic E-state index is 8.85. The molecule has 0 aliphatic carbocycles. The lowest BCUT2D eigenvalue weighted by Crippen LogP contribution is -1.96. The molecule has 0 spiro atoms. The molecule has 0 aliphatic rings. The second-order valence-electron chi connectivity index (χ2n) is 3.36. The summed E-state index contributed by atoms with van der Waals surface area (Å²) in [6, 6.07) is 3.63. The highest BCUT2D eigenvalue weighted by molar-refractivity contribution is 7.15. The largest absolute Gasteiger partial charge is 0.462 e.